The summed E-state index contributed by atoms with van der Waals surface area (Å²) in [5.74, 6) is 0. The van der Waals surface area contributed by atoms with E-state index in [1.807, 2.05) is 4.90 Å². The molecule has 1 rings (SSSR count). The van der Waals surface area contributed by atoms with Crippen molar-refractivity contribution in [1.29, 1.82) is 0 Å². The Morgan fingerprint density at radius 1 is 1.56 bits per heavy atom. The van der Waals surface area contributed by atoms with Crippen molar-refractivity contribution >= 4 is 29.0 Å². The Bertz CT molecular complexity index is 107. The van der Waals surface area contributed by atoms with E-state index in [1.54, 1.807) is 0 Å². The lowest BCUT2D eigenvalue weighted by atomic mass is 10.1. The van der Waals surface area contributed by atoms with Crippen LogP contribution >= 0.6 is 22.6 Å². The maximum atomic E-state index is 10.3. The van der Waals surface area contributed by atoms with Gasteiger partial charge < -0.3 is 4.90 Å². The van der Waals surface area contributed by atoms with Gasteiger partial charge in [-0.3, -0.25) is 4.79 Å². The SMILES string of the molecule is O=CN1CCCCC1I. The van der Waals surface area contributed by atoms with Crippen LogP contribution in [0.5, 0.6) is 0 Å². The molecule has 0 aromatic carbocycles. The van der Waals surface area contributed by atoms with Gasteiger partial charge in [0.25, 0.3) is 0 Å². The summed E-state index contributed by atoms with van der Waals surface area (Å²) < 4.78 is 0.453. The van der Waals surface area contributed by atoms with Crippen LogP contribution in [-0.2, 0) is 4.79 Å². The minimum absolute atomic E-state index is 0.453. The van der Waals surface area contributed by atoms with Crippen LogP contribution in [0.1, 0.15) is 19.3 Å². The topological polar surface area (TPSA) is 20.3 Å². The maximum absolute atomic E-state index is 10.3. The minimum atomic E-state index is 0.453. The van der Waals surface area contributed by atoms with E-state index >= 15 is 0 Å². The molecule has 9 heavy (non-hydrogen) atoms. The Labute approximate surface area is 68.7 Å². The first-order valence-electron chi connectivity index (χ1n) is 3.19. The van der Waals surface area contributed by atoms with E-state index in [0.29, 0.717) is 4.05 Å². The number of carbonyl (C=O) groups is 1. The lowest BCUT2D eigenvalue weighted by Crippen LogP contribution is -2.33. The lowest BCUT2D eigenvalue weighted by molar-refractivity contribution is -0.119. The minimum Gasteiger partial charge on any atom is -0.333 e. The number of hydrogen-bond acceptors (Lipinski definition) is 1. The maximum Gasteiger partial charge on any atom is 0.210 e. The quantitative estimate of drug-likeness (QED) is 0.293. The molecule has 1 aliphatic heterocycles. The van der Waals surface area contributed by atoms with Crippen molar-refractivity contribution in [3.63, 3.8) is 0 Å². The zero-order valence-corrected chi connectivity index (χ0v) is 7.37. The molecule has 0 radical (unpaired) electrons. The zero-order chi connectivity index (χ0) is 6.69. The molecule has 1 atom stereocenters. The van der Waals surface area contributed by atoms with Crippen LogP contribution in [0, 0.1) is 0 Å². The molecule has 2 nitrogen and oxygen atoms in total. The molecule has 1 unspecified atom stereocenters. The van der Waals surface area contributed by atoms with Crippen molar-refractivity contribution in [2.45, 2.75) is 23.3 Å². The largest absolute Gasteiger partial charge is 0.333 e. The first-order chi connectivity index (χ1) is 4.34. The number of piperidine rings is 1. The summed E-state index contributed by atoms with van der Waals surface area (Å²) in [7, 11) is 0. The van der Waals surface area contributed by atoms with Crippen molar-refractivity contribution in [2.24, 2.45) is 0 Å². The number of likely N-dealkylation sites (tertiary alicyclic amines) is 1. The van der Waals surface area contributed by atoms with Gasteiger partial charge in [0.1, 0.15) is 0 Å². The number of rotatable bonds is 1. The molecule has 1 fully saturated rings. The number of nitrogens with zero attached hydrogens (tertiary/aromatic N) is 1. The molecule has 1 saturated heterocycles. The molecular weight excluding hydrogens is 229 g/mol. The molecule has 1 heterocycles. The van der Waals surface area contributed by atoms with Crippen LogP contribution in [0.4, 0.5) is 0 Å². The van der Waals surface area contributed by atoms with Crippen LogP contribution in [0.2, 0.25) is 0 Å². The van der Waals surface area contributed by atoms with Crippen molar-refractivity contribution in [3.05, 3.63) is 0 Å². The predicted molar refractivity (Wildman–Crippen MR) is 44.4 cm³/mol. The van der Waals surface area contributed by atoms with E-state index in [1.165, 1.54) is 19.3 Å². The van der Waals surface area contributed by atoms with Crippen molar-refractivity contribution in [1.82, 2.24) is 4.90 Å². The van der Waals surface area contributed by atoms with Gasteiger partial charge in [-0.2, -0.15) is 0 Å². The molecule has 0 aliphatic carbocycles. The van der Waals surface area contributed by atoms with Crippen LogP contribution in [0.15, 0.2) is 0 Å². The zero-order valence-electron chi connectivity index (χ0n) is 5.22. The third kappa shape index (κ3) is 1.81. The Kier molecular flexibility index (Phi) is 2.75. The van der Waals surface area contributed by atoms with Crippen LogP contribution in [-0.4, -0.2) is 21.9 Å². The molecule has 1 amide bonds. The number of halogens is 1. The first kappa shape index (κ1) is 7.31. The summed E-state index contributed by atoms with van der Waals surface area (Å²) in [5.41, 5.74) is 0. The second-order valence-corrected chi connectivity index (χ2v) is 3.71. The lowest BCUT2D eigenvalue weighted by Gasteiger charge is -2.27. The van der Waals surface area contributed by atoms with Crippen LogP contribution < -0.4 is 0 Å². The van der Waals surface area contributed by atoms with Crippen molar-refractivity contribution in [2.75, 3.05) is 6.54 Å². The first-order valence-corrected chi connectivity index (χ1v) is 4.44. The summed E-state index contributed by atoms with van der Waals surface area (Å²) in [5, 5.41) is 0. The molecule has 0 aromatic heterocycles. The van der Waals surface area contributed by atoms with E-state index in [9.17, 15) is 4.79 Å². The highest BCUT2D eigenvalue weighted by Gasteiger charge is 2.16. The third-order valence-corrected chi connectivity index (χ3v) is 2.94. The number of amides is 1. The van der Waals surface area contributed by atoms with Crippen molar-refractivity contribution < 1.29 is 4.79 Å². The normalized spacial score (nSPS) is 28.1. The highest BCUT2D eigenvalue weighted by atomic mass is 127. The summed E-state index contributed by atoms with van der Waals surface area (Å²) in [6.45, 7) is 0.955. The van der Waals surface area contributed by atoms with E-state index < -0.39 is 0 Å². The third-order valence-electron chi connectivity index (χ3n) is 1.60. The number of alkyl halides is 1. The smallest absolute Gasteiger partial charge is 0.210 e. The van der Waals surface area contributed by atoms with Gasteiger partial charge >= 0.3 is 0 Å². The highest BCUT2D eigenvalue weighted by Crippen LogP contribution is 2.19. The van der Waals surface area contributed by atoms with Gasteiger partial charge in [0.15, 0.2) is 0 Å². The standard InChI is InChI=1S/C6H10INO/c7-6-3-1-2-4-8(6)5-9/h5-6H,1-4H2. The predicted octanol–water partition coefficient (Wildman–Crippen LogP) is 1.39. The van der Waals surface area contributed by atoms with Gasteiger partial charge in [-0.1, -0.05) is 22.6 Å². The fourth-order valence-corrected chi connectivity index (χ4v) is 1.88. The molecule has 0 spiro atoms. The van der Waals surface area contributed by atoms with E-state index in [0.717, 1.165) is 13.0 Å². The van der Waals surface area contributed by atoms with Crippen molar-refractivity contribution in [3.8, 4) is 0 Å². The monoisotopic (exact) mass is 239 g/mol. The molecule has 0 saturated carbocycles. The van der Waals surface area contributed by atoms with Crippen LogP contribution in [0.3, 0.4) is 0 Å². The fourth-order valence-electron chi connectivity index (χ4n) is 1.03. The molecule has 0 N–H and O–H groups in total. The number of hydrogen-bond donors (Lipinski definition) is 0. The Morgan fingerprint density at radius 2 is 2.33 bits per heavy atom. The Morgan fingerprint density at radius 3 is 2.78 bits per heavy atom. The second kappa shape index (κ2) is 3.39. The van der Waals surface area contributed by atoms with Gasteiger partial charge in [-0.05, 0) is 19.3 Å². The summed E-state index contributed by atoms with van der Waals surface area (Å²) in [6.07, 6.45) is 4.58. The average molecular weight is 239 g/mol. The molecule has 3 heteroatoms. The number of carbonyl (C=O) groups excluding carboxylic acids is 1. The summed E-state index contributed by atoms with van der Waals surface area (Å²) in [4.78, 5) is 12.2. The Balaban J connectivity index is 2.38. The summed E-state index contributed by atoms with van der Waals surface area (Å²) >= 11 is 2.31. The highest BCUT2D eigenvalue weighted by molar-refractivity contribution is 14.1. The Hall–Kier alpha value is 0.200. The van der Waals surface area contributed by atoms with E-state index in [2.05, 4.69) is 22.6 Å². The average Bonchev–Trinajstić information content (AvgIpc) is 1.89. The summed E-state index contributed by atoms with van der Waals surface area (Å²) in [6, 6.07) is 0. The van der Waals surface area contributed by atoms with Gasteiger partial charge in [-0.25, -0.2) is 0 Å². The van der Waals surface area contributed by atoms with Gasteiger partial charge in [0.05, 0.1) is 4.05 Å². The van der Waals surface area contributed by atoms with E-state index in [-0.39, 0.29) is 0 Å². The van der Waals surface area contributed by atoms with Crippen LogP contribution in [0.25, 0.3) is 0 Å². The molecule has 52 valence electrons. The van der Waals surface area contributed by atoms with Gasteiger partial charge in [-0.15, -0.1) is 0 Å². The second-order valence-electron chi connectivity index (χ2n) is 2.27. The van der Waals surface area contributed by atoms with Gasteiger partial charge in [0, 0.05) is 6.54 Å². The van der Waals surface area contributed by atoms with E-state index in [4.69, 9.17) is 0 Å². The molecule has 1 aliphatic rings. The molecule has 0 aromatic rings. The molecular formula is C6H10INO. The van der Waals surface area contributed by atoms with Gasteiger partial charge in [0.2, 0.25) is 6.41 Å². The fraction of sp³-hybridized carbons (Fsp3) is 0.833. The molecule has 0 bridgehead atoms.